The molecule has 0 unspecified atom stereocenters. The van der Waals surface area contributed by atoms with Crippen LogP contribution in [-0.2, 0) is 13.1 Å². The summed E-state index contributed by atoms with van der Waals surface area (Å²) in [6, 6.07) is 7.91. The first kappa shape index (κ1) is 11.7. The van der Waals surface area contributed by atoms with Crippen LogP contribution in [0.4, 0.5) is 5.69 Å². The molecule has 1 aromatic heterocycles. The van der Waals surface area contributed by atoms with Gasteiger partial charge >= 0.3 is 0 Å². The molecule has 0 atom stereocenters. The number of hydrogen-bond acceptors (Lipinski definition) is 3. The van der Waals surface area contributed by atoms with Gasteiger partial charge in [-0.05, 0) is 25.0 Å². The molecule has 3 rings (SSSR count). The van der Waals surface area contributed by atoms with E-state index in [2.05, 4.69) is 0 Å². The Balaban J connectivity index is 2.07. The van der Waals surface area contributed by atoms with Crippen LogP contribution >= 0.6 is 0 Å². The van der Waals surface area contributed by atoms with Crippen molar-refractivity contribution in [3.05, 3.63) is 50.8 Å². The predicted octanol–water partition coefficient (Wildman–Crippen LogP) is 2.02. The van der Waals surface area contributed by atoms with Crippen LogP contribution in [0.25, 0.3) is 11.3 Å². The molecule has 0 fully saturated rings. The summed E-state index contributed by atoms with van der Waals surface area (Å²) in [7, 11) is 0. The van der Waals surface area contributed by atoms with E-state index in [9.17, 15) is 14.9 Å². The molecule has 0 N–H and O–H groups in total. The van der Waals surface area contributed by atoms with Crippen molar-refractivity contribution in [1.82, 2.24) is 9.36 Å². The molecule has 98 valence electrons. The predicted molar refractivity (Wildman–Crippen MR) is 70.0 cm³/mol. The van der Waals surface area contributed by atoms with Crippen molar-refractivity contribution in [3.63, 3.8) is 0 Å². The summed E-state index contributed by atoms with van der Waals surface area (Å²) in [5.41, 5.74) is 1.72. The van der Waals surface area contributed by atoms with E-state index in [1.165, 1.54) is 12.1 Å². The van der Waals surface area contributed by atoms with Crippen LogP contribution in [0, 0.1) is 10.1 Å². The van der Waals surface area contributed by atoms with Crippen molar-refractivity contribution in [2.75, 3.05) is 0 Å². The van der Waals surface area contributed by atoms with Gasteiger partial charge in [0.1, 0.15) is 0 Å². The standard InChI is InChI=1S/C13H13N3O3/c17-13-9-12(14-7-1-2-8-15(13)14)10-3-5-11(6-4-10)16(18)19/h3-6,9H,1-2,7-8H2. The zero-order valence-electron chi connectivity index (χ0n) is 10.3. The molecule has 0 saturated heterocycles. The normalized spacial score (nSPS) is 14.1. The van der Waals surface area contributed by atoms with Gasteiger partial charge in [-0.2, -0.15) is 0 Å². The Labute approximate surface area is 109 Å². The van der Waals surface area contributed by atoms with Crippen LogP contribution in [0.1, 0.15) is 12.8 Å². The fraction of sp³-hybridized carbons (Fsp3) is 0.308. The number of non-ortho nitro benzene ring substituents is 1. The lowest BCUT2D eigenvalue weighted by molar-refractivity contribution is -0.384. The first-order valence-corrected chi connectivity index (χ1v) is 6.22. The van der Waals surface area contributed by atoms with Gasteiger partial charge in [0, 0.05) is 36.9 Å². The number of nitro groups is 1. The molecular weight excluding hydrogens is 246 g/mol. The van der Waals surface area contributed by atoms with Crippen LogP contribution < -0.4 is 5.56 Å². The first-order valence-electron chi connectivity index (χ1n) is 6.22. The van der Waals surface area contributed by atoms with Crippen molar-refractivity contribution >= 4 is 5.69 Å². The Morgan fingerprint density at radius 3 is 2.32 bits per heavy atom. The smallest absolute Gasteiger partial charge is 0.269 e. The maximum atomic E-state index is 11.9. The Bertz CT molecular complexity index is 682. The molecule has 0 radical (unpaired) electrons. The summed E-state index contributed by atoms with van der Waals surface area (Å²) in [5, 5.41) is 10.6. The molecule has 19 heavy (non-hydrogen) atoms. The minimum Gasteiger partial charge on any atom is -0.282 e. The van der Waals surface area contributed by atoms with Crippen LogP contribution in [0.2, 0.25) is 0 Å². The molecule has 2 heterocycles. The molecule has 6 heteroatoms. The van der Waals surface area contributed by atoms with Crippen molar-refractivity contribution in [2.24, 2.45) is 0 Å². The SMILES string of the molecule is O=c1cc(-c2ccc([N+](=O)[O-])cc2)n2n1CCCC2. The van der Waals surface area contributed by atoms with Gasteiger partial charge in [-0.15, -0.1) is 0 Å². The minimum atomic E-state index is -0.425. The molecule has 0 amide bonds. The lowest BCUT2D eigenvalue weighted by atomic mass is 10.1. The highest BCUT2D eigenvalue weighted by molar-refractivity contribution is 5.61. The maximum Gasteiger partial charge on any atom is 0.269 e. The monoisotopic (exact) mass is 259 g/mol. The second kappa shape index (κ2) is 4.38. The highest BCUT2D eigenvalue weighted by atomic mass is 16.6. The van der Waals surface area contributed by atoms with E-state index < -0.39 is 4.92 Å². The number of nitrogens with zero attached hydrogens (tertiary/aromatic N) is 3. The number of rotatable bonds is 2. The Morgan fingerprint density at radius 2 is 1.68 bits per heavy atom. The molecule has 0 bridgehead atoms. The molecule has 1 aliphatic rings. The maximum absolute atomic E-state index is 11.9. The largest absolute Gasteiger partial charge is 0.282 e. The molecule has 2 aromatic rings. The van der Waals surface area contributed by atoms with E-state index in [1.807, 2.05) is 4.68 Å². The Hall–Kier alpha value is -2.37. The fourth-order valence-corrected chi connectivity index (χ4v) is 2.50. The van der Waals surface area contributed by atoms with Gasteiger partial charge in [0.2, 0.25) is 0 Å². The Kier molecular flexibility index (Phi) is 2.70. The lowest BCUT2D eigenvalue weighted by Crippen LogP contribution is -2.27. The van der Waals surface area contributed by atoms with Crippen molar-refractivity contribution in [1.29, 1.82) is 0 Å². The third-order valence-electron chi connectivity index (χ3n) is 3.45. The zero-order chi connectivity index (χ0) is 13.4. The molecule has 1 aliphatic heterocycles. The van der Waals surface area contributed by atoms with Gasteiger partial charge < -0.3 is 0 Å². The molecule has 6 nitrogen and oxygen atoms in total. The summed E-state index contributed by atoms with van der Waals surface area (Å²) in [6.07, 6.45) is 2.07. The fourth-order valence-electron chi connectivity index (χ4n) is 2.50. The van der Waals surface area contributed by atoms with Crippen LogP contribution in [-0.4, -0.2) is 14.3 Å². The van der Waals surface area contributed by atoms with Crippen molar-refractivity contribution < 1.29 is 4.92 Å². The third kappa shape index (κ3) is 1.95. The summed E-state index contributed by atoms with van der Waals surface area (Å²) in [5.74, 6) is 0. The average molecular weight is 259 g/mol. The second-order valence-electron chi connectivity index (χ2n) is 4.63. The number of aromatic nitrogens is 2. The second-order valence-corrected chi connectivity index (χ2v) is 4.63. The summed E-state index contributed by atoms with van der Waals surface area (Å²) >= 11 is 0. The number of benzene rings is 1. The quantitative estimate of drug-likeness (QED) is 0.612. The summed E-state index contributed by atoms with van der Waals surface area (Å²) in [4.78, 5) is 22.1. The summed E-state index contributed by atoms with van der Waals surface area (Å²) < 4.78 is 3.70. The topological polar surface area (TPSA) is 70.1 Å². The van der Waals surface area contributed by atoms with Crippen molar-refractivity contribution in [3.8, 4) is 11.3 Å². The summed E-state index contributed by atoms with van der Waals surface area (Å²) in [6.45, 7) is 1.56. The molecule has 0 aliphatic carbocycles. The number of hydrogen-bond donors (Lipinski definition) is 0. The van der Waals surface area contributed by atoms with E-state index in [4.69, 9.17) is 0 Å². The van der Waals surface area contributed by atoms with Gasteiger partial charge in [-0.1, -0.05) is 0 Å². The zero-order valence-corrected chi connectivity index (χ0v) is 10.3. The van der Waals surface area contributed by atoms with Crippen LogP contribution in [0.3, 0.4) is 0 Å². The minimum absolute atomic E-state index is 0.00643. The molecular formula is C13H13N3O3. The molecule has 0 saturated carbocycles. The van der Waals surface area contributed by atoms with Crippen LogP contribution in [0.15, 0.2) is 35.1 Å². The van der Waals surface area contributed by atoms with E-state index in [0.29, 0.717) is 0 Å². The van der Waals surface area contributed by atoms with Gasteiger partial charge in [0.25, 0.3) is 11.2 Å². The lowest BCUT2D eigenvalue weighted by Gasteiger charge is -2.19. The first-order chi connectivity index (χ1) is 9.16. The van der Waals surface area contributed by atoms with E-state index >= 15 is 0 Å². The Morgan fingerprint density at radius 1 is 1.05 bits per heavy atom. The number of nitro benzene ring substituents is 1. The third-order valence-corrected chi connectivity index (χ3v) is 3.45. The van der Waals surface area contributed by atoms with E-state index in [-0.39, 0.29) is 11.2 Å². The van der Waals surface area contributed by atoms with Gasteiger partial charge in [-0.3, -0.25) is 24.3 Å². The number of fused-ring (bicyclic) bond motifs is 1. The molecule has 1 aromatic carbocycles. The van der Waals surface area contributed by atoms with Crippen molar-refractivity contribution in [2.45, 2.75) is 25.9 Å². The van der Waals surface area contributed by atoms with Crippen LogP contribution in [0.5, 0.6) is 0 Å². The van der Waals surface area contributed by atoms with Gasteiger partial charge in [0.05, 0.1) is 10.6 Å². The van der Waals surface area contributed by atoms with E-state index in [1.54, 1.807) is 22.9 Å². The average Bonchev–Trinajstić information content (AvgIpc) is 2.77. The van der Waals surface area contributed by atoms with E-state index in [0.717, 1.165) is 37.2 Å². The van der Waals surface area contributed by atoms with Gasteiger partial charge in [0.15, 0.2) is 0 Å². The molecule has 0 spiro atoms. The highest BCUT2D eigenvalue weighted by Crippen LogP contribution is 2.23. The highest BCUT2D eigenvalue weighted by Gasteiger charge is 2.16. The van der Waals surface area contributed by atoms with Gasteiger partial charge in [-0.25, -0.2) is 0 Å².